The van der Waals surface area contributed by atoms with Crippen molar-refractivity contribution in [3.63, 3.8) is 0 Å². The number of ether oxygens (including phenoxy) is 2. The number of thioether (sulfide) groups is 1. The molecule has 3 aromatic carbocycles. The quantitative estimate of drug-likeness (QED) is 0.156. The van der Waals surface area contributed by atoms with E-state index in [-0.39, 0.29) is 36.0 Å². The lowest BCUT2D eigenvalue weighted by Gasteiger charge is -2.22. The topological polar surface area (TPSA) is 111 Å². The number of thiophene rings is 1. The number of hydrogen-bond acceptors (Lipinski definition) is 9. The average molecular weight is 671 g/mol. The van der Waals surface area contributed by atoms with Crippen molar-refractivity contribution in [2.24, 2.45) is 5.10 Å². The Balaban J connectivity index is 1.23. The zero-order chi connectivity index (χ0) is 32.8. The third kappa shape index (κ3) is 7.36. The summed E-state index contributed by atoms with van der Waals surface area (Å²) in [5.41, 5.74) is 2.82. The fourth-order valence-corrected chi connectivity index (χ4v) is 6.64. The maximum atomic E-state index is 13.8. The van der Waals surface area contributed by atoms with Gasteiger partial charge in [-0.25, -0.2) is 9.40 Å². The Morgan fingerprint density at radius 3 is 2.43 bits per heavy atom. The van der Waals surface area contributed by atoms with Gasteiger partial charge in [0.1, 0.15) is 17.3 Å². The maximum absolute atomic E-state index is 13.8. The van der Waals surface area contributed by atoms with E-state index < -0.39 is 0 Å². The number of methoxy groups -OCH3 is 1. The minimum Gasteiger partial charge on any atom is -0.497 e. The van der Waals surface area contributed by atoms with Crippen molar-refractivity contribution in [3.05, 3.63) is 118 Å². The molecule has 1 atom stereocenters. The van der Waals surface area contributed by atoms with Gasteiger partial charge in [-0.1, -0.05) is 30.0 Å². The van der Waals surface area contributed by atoms with Crippen molar-refractivity contribution in [1.82, 2.24) is 25.1 Å². The lowest BCUT2D eigenvalue weighted by molar-refractivity contribution is -0.130. The Morgan fingerprint density at radius 1 is 1.00 bits per heavy atom. The largest absolute Gasteiger partial charge is 0.497 e. The monoisotopic (exact) mass is 670 g/mol. The maximum Gasteiger partial charge on any atom is 0.253 e. The van der Waals surface area contributed by atoms with Crippen LogP contribution >= 0.6 is 23.1 Å². The Bertz CT molecular complexity index is 1860. The molecule has 1 aliphatic rings. The van der Waals surface area contributed by atoms with Crippen LogP contribution in [0.1, 0.15) is 46.0 Å². The van der Waals surface area contributed by atoms with Crippen LogP contribution in [0.3, 0.4) is 0 Å². The first-order valence-electron chi connectivity index (χ1n) is 14.8. The minimum atomic E-state index is -0.367. The molecule has 2 amide bonds. The standard InChI is InChI=1S/C34H31FN6O4S2/c1-3-45-27-16-12-25(13-17-27)40-31(20-36-33(43)23-8-14-26(44-2)15-9-23)37-38-34(40)47-21-32(42)41-29(22-6-10-24(35)11-7-22)19-28(39-41)30-5-4-18-46-30/h4-18,29H,3,19-21H2,1-2H3,(H,36,43)/t29-/m0/s1. The fourth-order valence-electron chi connectivity index (χ4n) is 5.10. The molecule has 240 valence electrons. The molecule has 0 saturated heterocycles. The molecule has 0 fully saturated rings. The van der Waals surface area contributed by atoms with Gasteiger partial charge in [0.25, 0.3) is 11.8 Å². The number of hydrazone groups is 1. The van der Waals surface area contributed by atoms with Crippen LogP contribution in [0.2, 0.25) is 0 Å². The Labute approximate surface area is 279 Å². The SMILES string of the molecule is CCOc1ccc(-n2c(CNC(=O)c3ccc(OC)cc3)nnc2SCC(=O)N2N=C(c3cccs3)C[C@H]2c2ccc(F)cc2)cc1. The highest BCUT2D eigenvalue weighted by Crippen LogP contribution is 2.35. The van der Waals surface area contributed by atoms with Gasteiger partial charge in [-0.2, -0.15) is 5.10 Å². The summed E-state index contributed by atoms with van der Waals surface area (Å²) in [6.45, 7) is 2.54. The Hall–Kier alpha value is -5.01. The van der Waals surface area contributed by atoms with Gasteiger partial charge >= 0.3 is 0 Å². The molecule has 0 radical (unpaired) electrons. The lowest BCUT2D eigenvalue weighted by atomic mass is 10.0. The molecule has 0 bridgehead atoms. The number of hydrogen-bond donors (Lipinski definition) is 1. The molecule has 2 aromatic heterocycles. The first-order valence-corrected chi connectivity index (χ1v) is 16.7. The van der Waals surface area contributed by atoms with Crippen LogP contribution in [0, 0.1) is 5.82 Å². The van der Waals surface area contributed by atoms with Crippen LogP contribution in [-0.4, -0.2) is 56.8 Å². The molecule has 0 aliphatic carbocycles. The van der Waals surface area contributed by atoms with Gasteiger partial charge < -0.3 is 14.8 Å². The second kappa shape index (κ2) is 14.6. The van der Waals surface area contributed by atoms with Crippen LogP contribution < -0.4 is 14.8 Å². The molecule has 47 heavy (non-hydrogen) atoms. The first-order chi connectivity index (χ1) is 22.9. The number of aromatic nitrogens is 3. The zero-order valence-corrected chi connectivity index (χ0v) is 27.3. The van der Waals surface area contributed by atoms with E-state index in [1.807, 2.05) is 53.3 Å². The predicted octanol–water partition coefficient (Wildman–Crippen LogP) is 6.28. The molecule has 0 spiro atoms. The van der Waals surface area contributed by atoms with Crippen molar-refractivity contribution < 1.29 is 23.5 Å². The fraction of sp³-hybridized carbons (Fsp3) is 0.206. The molecule has 6 rings (SSSR count). The van der Waals surface area contributed by atoms with E-state index in [1.54, 1.807) is 54.8 Å². The van der Waals surface area contributed by atoms with E-state index in [9.17, 15) is 14.0 Å². The number of nitrogens with one attached hydrogen (secondary N) is 1. The molecule has 0 unspecified atom stereocenters. The Morgan fingerprint density at radius 2 is 1.74 bits per heavy atom. The van der Waals surface area contributed by atoms with E-state index in [0.29, 0.717) is 41.1 Å². The normalized spacial score (nSPS) is 14.1. The molecule has 5 aromatic rings. The second-order valence-electron chi connectivity index (χ2n) is 10.4. The Kier molecular flexibility index (Phi) is 9.93. The highest BCUT2D eigenvalue weighted by atomic mass is 32.2. The molecule has 0 saturated carbocycles. The summed E-state index contributed by atoms with van der Waals surface area (Å²) in [6.07, 6.45) is 0.517. The molecule has 10 nitrogen and oxygen atoms in total. The summed E-state index contributed by atoms with van der Waals surface area (Å²) < 4.78 is 26.3. The van der Waals surface area contributed by atoms with Crippen LogP contribution in [0.25, 0.3) is 5.69 Å². The summed E-state index contributed by atoms with van der Waals surface area (Å²) >= 11 is 2.78. The van der Waals surface area contributed by atoms with Gasteiger partial charge in [0.2, 0.25) is 0 Å². The van der Waals surface area contributed by atoms with E-state index in [2.05, 4.69) is 15.5 Å². The van der Waals surface area contributed by atoms with Gasteiger partial charge in [-0.05, 0) is 84.6 Å². The summed E-state index contributed by atoms with van der Waals surface area (Å²) in [7, 11) is 1.57. The highest BCUT2D eigenvalue weighted by Gasteiger charge is 2.33. The van der Waals surface area contributed by atoms with Crippen molar-refractivity contribution in [1.29, 1.82) is 0 Å². The van der Waals surface area contributed by atoms with Gasteiger partial charge in [-0.3, -0.25) is 14.2 Å². The van der Waals surface area contributed by atoms with E-state index in [1.165, 1.54) is 28.9 Å². The molecule has 1 N–H and O–H groups in total. The molecule has 1 aliphatic heterocycles. The van der Waals surface area contributed by atoms with Crippen LogP contribution in [0.4, 0.5) is 4.39 Å². The number of benzene rings is 3. The minimum absolute atomic E-state index is 0.0201. The van der Waals surface area contributed by atoms with Crippen molar-refractivity contribution >= 4 is 40.6 Å². The third-order valence-electron chi connectivity index (χ3n) is 7.42. The summed E-state index contributed by atoms with van der Waals surface area (Å²) in [4.78, 5) is 27.7. The molecule has 13 heteroatoms. The number of carbonyl (C=O) groups excluding carboxylic acids is 2. The van der Waals surface area contributed by atoms with Gasteiger partial charge in [0, 0.05) is 17.7 Å². The predicted molar refractivity (Wildman–Crippen MR) is 179 cm³/mol. The number of nitrogens with zero attached hydrogens (tertiary/aromatic N) is 5. The van der Waals surface area contributed by atoms with Crippen molar-refractivity contribution in [3.8, 4) is 17.2 Å². The summed E-state index contributed by atoms with van der Waals surface area (Å²) in [5, 5.41) is 20.3. The summed E-state index contributed by atoms with van der Waals surface area (Å²) in [5.74, 6) is 1.01. The van der Waals surface area contributed by atoms with Crippen molar-refractivity contribution in [2.45, 2.75) is 31.1 Å². The lowest BCUT2D eigenvalue weighted by Crippen LogP contribution is -2.28. The smallest absolute Gasteiger partial charge is 0.253 e. The van der Waals surface area contributed by atoms with Gasteiger partial charge in [0.05, 0.1) is 42.6 Å². The van der Waals surface area contributed by atoms with Crippen LogP contribution in [0.5, 0.6) is 11.5 Å². The first kappa shape index (κ1) is 32.0. The third-order valence-corrected chi connectivity index (χ3v) is 9.25. The second-order valence-corrected chi connectivity index (χ2v) is 12.3. The molecule has 3 heterocycles. The van der Waals surface area contributed by atoms with Gasteiger partial charge in [0.15, 0.2) is 11.0 Å². The van der Waals surface area contributed by atoms with E-state index in [4.69, 9.17) is 14.6 Å². The van der Waals surface area contributed by atoms with Crippen molar-refractivity contribution in [2.75, 3.05) is 19.5 Å². The van der Waals surface area contributed by atoms with Gasteiger partial charge in [-0.15, -0.1) is 21.5 Å². The van der Waals surface area contributed by atoms with E-state index >= 15 is 0 Å². The summed E-state index contributed by atoms with van der Waals surface area (Å²) in [6, 6.07) is 24.0. The van der Waals surface area contributed by atoms with Crippen LogP contribution in [-0.2, 0) is 11.3 Å². The van der Waals surface area contributed by atoms with Crippen LogP contribution in [0.15, 0.2) is 101 Å². The average Bonchev–Trinajstić information content (AvgIpc) is 3.88. The highest BCUT2D eigenvalue weighted by molar-refractivity contribution is 7.99. The number of halogens is 1. The van der Waals surface area contributed by atoms with E-state index in [0.717, 1.165) is 21.8 Å². The molecular formula is C34H31FN6O4S2. The zero-order valence-electron chi connectivity index (χ0n) is 25.6. The number of amides is 2. The molecular weight excluding hydrogens is 640 g/mol. The number of rotatable bonds is 12. The number of carbonyl (C=O) groups is 2.